The second-order valence-corrected chi connectivity index (χ2v) is 9.84. The van der Waals surface area contributed by atoms with Crippen molar-refractivity contribution in [2.45, 2.75) is 25.3 Å². The quantitative estimate of drug-likeness (QED) is 0.537. The summed E-state index contributed by atoms with van der Waals surface area (Å²) in [4.78, 5) is 42.7. The number of amides is 2. The molecule has 1 atom stereocenters. The molecule has 5 rings (SSSR count). The molecular weight excluding hydrogens is 466 g/mol. The number of carbonyl (C=O) groups excluding carboxylic acids is 2. The van der Waals surface area contributed by atoms with E-state index in [1.165, 1.54) is 28.7 Å². The van der Waals surface area contributed by atoms with E-state index in [9.17, 15) is 19.5 Å². The first kappa shape index (κ1) is 23.0. The van der Waals surface area contributed by atoms with Gasteiger partial charge in [0.25, 0.3) is 5.91 Å². The minimum atomic E-state index is -0.875. The number of benzene rings is 2. The number of aromatic nitrogens is 1. The topological polar surface area (TPSA) is 109 Å². The van der Waals surface area contributed by atoms with Crippen molar-refractivity contribution in [3.63, 3.8) is 0 Å². The first-order valence-corrected chi connectivity index (χ1v) is 12.4. The fraction of sp³-hybridized carbons (Fsp3) is 0.308. The predicted octanol–water partition coefficient (Wildman–Crippen LogP) is 4.12. The van der Waals surface area contributed by atoms with Gasteiger partial charge in [0.2, 0.25) is 0 Å². The zero-order valence-corrected chi connectivity index (χ0v) is 19.8. The molecule has 9 heteroatoms. The smallest absolute Gasteiger partial charge is 0.407 e. The molecule has 2 N–H and O–H groups in total. The Hall–Kier alpha value is -3.72. The Balaban J connectivity index is 1.15. The number of rotatable bonds is 6. The summed E-state index contributed by atoms with van der Waals surface area (Å²) in [6, 6.07) is 16.3. The summed E-state index contributed by atoms with van der Waals surface area (Å²) in [7, 11) is 0. The number of nitrogens with zero attached hydrogens (tertiary/aromatic N) is 2. The molecule has 1 saturated heterocycles. The first-order chi connectivity index (χ1) is 17.0. The van der Waals surface area contributed by atoms with Crippen LogP contribution in [0.5, 0.6) is 0 Å². The van der Waals surface area contributed by atoms with Crippen LogP contribution in [-0.4, -0.2) is 52.7 Å². The number of ether oxygens (including phenoxy) is 1. The maximum Gasteiger partial charge on any atom is 0.407 e. The lowest BCUT2D eigenvalue weighted by atomic mass is 9.98. The number of likely N-dealkylation sites (tertiary alicyclic amines) is 1. The van der Waals surface area contributed by atoms with Crippen LogP contribution in [0.25, 0.3) is 11.1 Å². The third kappa shape index (κ3) is 4.77. The highest BCUT2D eigenvalue weighted by Crippen LogP contribution is 2.44. The van der Waals surface area contributed by atoms with Crippen molar-refractivity contribution in [2.24, 2.45) is 5.92 Å². The van der Waals surface area contributed by atoms with Crippen LogP contribution in [0.4, 0.5) is 4.79 Å². The monoisotopic (exact) mass is 491 g/mol. The van der Waals surface area contributed by atoms with Gasteiger partial charge in [-0.15, -0.1) is 11.3 Å². The Bertz CT molecular complexity index is 1230. The van der Waals surface area contributed by atoms with Gasteiger partial charge in [-0.1, -0.05) is 48.5 Å². The fourth-order valence-electron chi connectivity index (χ4n) is 4.81. The van der Waals surface area contributed by atoms with Crippen molar-refractivity contribution in [3.05, 3.63) is 75.7 Å². The zero-order valence-electron chi connectivity index (χ0n) is 19.0. The highest BCUT2D eigenvalue weighted by molar-refractivity contribution is 7.13. The van der Waals surface area contributed by atoms with Crippen LogP contribution in [0.3, 0.4) is 0 Å². The Morgan fingerprint density at radius 2 is 1.77 bits per heavy atom. The summed E-state index contributed by atoms with van der Waals surface area (Å²) >= 11 is 1.19. The van der Waals surface area contributed by atoms with E-state index in [0.29, 0.717) is 29.3 Å². The fourth-order valence-corrected chi connectivity index (χ4v) is 5.63. The van der Waals surface area contributed by atoms with Gasteiger partial charge < -0.3 is 20.1 Å². The molecule has 0 spiro atoms. The Morgan fingerprint density at radius 3 is 2.46 bits per heavy atom. The van der Waals surface area contributed by atoms with Crippen molar-refractivity contribution in [2.75, 3.05) is 19.7 Å². The molecule has 1 fully saturated rings. The summed E-state index contributed by atoms with van der Waals surface area (Å²) < 4.78 is 5.54. The minimum Gasteiger partial charge on any atom is -0.481 e. The number of carbonyl (C=O) groups is 3. The van der Waals surface area contributed by atoms with Gasteiger partial charge in [0.05, 0.1) is 18.7 Å². The lowest BCUT2D eigenvalue weighted by Crippen LogP contribution is -2.42. The van der Waals surface area contributed by atoms with E-state index >= 15 is 0 Å². The standard InChI is InChI=1S/C26H25N3O5S/c30-24(29-11-5-6-16(14-29)25(31)32)22-12-27-23(35-22)13-28-26(33)34-15-21-19-9-3-1-7-17(19)18-8-2-4-10-20(18)21/h1-4,7-10,12,16,21H,5-6,11,13-15H2,(H,28,33)(H,31,32)/t16-/m1/s1. The number of fused-ring (bicyclic) bond motifs is 3. The number of piperidine rings is 1. The molecule has 2 aliphatic rings. The van der Waals surface area contributed by atoms with Gasteiger partial charge in [-0.05, 0) is 35.1 Å². The first-order valence-electron chi connectivity index (χ1n) is 11.6. The molecular formula is C26H25N3O5S. The van der Waals surface area contributed by atoms with E-state index in [2.05, 4.69) is 34.6 Å². The lowest BCUT2D eigenvalue weighted by molar-refractivity contribution is -0.143. The van der Waals surface area contributed by atoms with E-state index in [-0.39, 0.29) is 31.5 Å². The highest BCUT2D eigenvalue weighted by Gasteiger charge is 2.30. The van der Waals surface area contributed by atoms with Crippen molar-refractivity contribution in [3.8, 4) is 11.1 Å². The molecule has 0 saturated carbocycles. The number of alkyl carbamates (subject to hydrolysis) is 1. The molecule has 0 radical (unpaired) electrons. The maximum absolute atomic E-state index is 12.8. The number of carboxylic acid groups (broad SMARTS) is 1. The van der Waals surface area contributed by atoms with Crippen molar-refractivity contribution < 1.29 is 24.2 Å². The van der Waals surface area contributed by atoms with Gasteiger partial charge in [-0.3, -0.25) is 9.59 Å². The average molecular weight is 492 g/mol. The molecule has 1 aliphatic heterocycles. The summed E-state index contributed by atoms with van der Waals surface area (Å²) in [6.07, 6.45) is 2.18. The second-order valence-electron chi connectivity index (χ2n) is 8.73. The van der Waals surface area contributed by atoms with E-state index in [1.54, 1.807) is 4.90 Å². The molecule has 3 aromatic rings. The average Bonchev–Trinajstić information content (AvgIpc) is 3.49. The summed E-state index contributed by atoms with van der Waals surface area (Å²) in [5.41, 5.74) is 4.63. The third-order valence-electron chi connectivity index (χ3n) is 6.55. The molecule has 35 heavy (non-hydrogen) atoms. The number of aliphatic carboxylic acids is 1. The Labute approximate surface area is 206 Å². The van der Waals surface area contributed by atoms with Crippen LogP contribution >= 0.6 is 11.3 Å². The number of hydrogen-bond acceptors (Lipinski definition) is 6. The van der Waals surface area contributed by atoms with Crippen molar-refractivity contribution in [1.82, 2.24) is 15.2 Å². The van der Waals surface area contributed by atoms with Gasteiger partial charge in [-0.25, -0.2) is 9.78 Å². The zero-order chi connectivity index (χ0) is 24.4. The van der Waals surface area contributed by atoms with Gasteiger partial charge in [0.1, 0.15) is 16.5 Å². The SMILES string of the molecule is O=C(NCc1ncc(C(=O)N2CCC[C@@H](C(=O)O)C2)s1)OCC1c2ccccc2-c2ccccc21. The van der Waals surface area contributed by atoms with Crippen LogP contribution in [0.15, 0.2) is 54.7 Å². The molecule has 180 valence electrons. The van der Waals surface area contributed by atoms with Gasteiger partial charge >= 0.3 is 12.1 Å². The van der Waals surface area contributed by atoms with Crippen molar-refractivity contribution >= 4 is 29.3 Å². The van der Waals surface area contributed by atoms with E-state index in [1.807, 2.05) is 24.3 Å². The van der Waals surface area contributed by atoms with E-state index in [4.69, 9.17) is 4.74 Å². The van der Waals surface area contributed by atoms with Crippen LogP contribution < -0.4 is 5.32 Å². The molecule has 0 unspecified atom stereocenters. The van der Waals surface area contributed by atoms with E-state index < -0.39 is 18.0 Å². The highest BCUT2D eigenvalue weighted by atomic mass is 32.1. The maximum atomic E-state index is 12.8. The summed E-state index contributed by atoms with van der Waals surface area (Å²) in [5.74, 6) is -1.65. The summed E-state index contributed by atoms with van der Waals surface area (Å²) in [5, 5.41) is 12.5. The second kappa shape index (κ2) is 9.87. The van der Waals surface area contributed by atoms with Gasteiger partial charge in [0, 0.05) is 19.0 Å². The predicted molar refractivity (Wildman–Crippen MR) is 130 cm³/mol. The minimum absolute atomic E-state index is 0.0172. The number of carboxylic acids is 1. The number of hydrogen-bond donors (Lipinski definition) is 2. The molecule has 2 heterocycles. The van der Waals surface area contributed by atoms with Crippen molar-refractivity contribution in [1.29, 1.82) is 0 Å². The molecule has 2 aromatic carbocycles. The number of nitrogens with one attached hydrogen (secondary N) is 1. The largest absolute Gasteiger partial charge is 0.481 e. The van der Waals surface area contributed by atoms with Crippen LogP contribution in [0, 0.1) is 5.92 Å². The molecule has 8 nitrogen and oxygen atoms in total. The third-order valence-corrected chi connectivity index (χ3v) is 7.54. The Kier molecular flexibility index (Phi) is 6.50. The lowest BCUT2D eigenvalue weighted by Gasteiger charge is -2.30. The van der Waals surface area contributed by atoms with Crippen LogP contribution in [-0.2, 0) is 16.1 Å². The van der Waals surface area contributed by atoms with Crippen LogP contribution in [0.2, 0.25) is 0 Å². The number of thiazole rings is 1. The van der Waals surface area contributed by atoms with E-state index in [0.717, 1.165) is 11.1 Å². The summed E-state index contributed by atoms with van der Waals surface area (Å²) in [6.45, 7) is 1.11. The normalized spacial score (nSPS) is 16.9. The molecule has 0 bridgehead atoms. The Morgan fingerprint density at radius 1 is 1.09 bits per heavy atom. The molecule has 2 amide bonds. The van der Waals surface area contributed by atoms with Gasteiger partial charge in [-0.2, -0.15) is 0 Å². The van der Waals surface area contributed by atoms with Crippen LogP contribution in [0.1, 0.15) is 44.6 Å². The molecule has 1 aliphatic carbocycles. The molecule has 1 aromatic heterocycles. The van der Waals surface area contributed by atoms with Gasteiger partial charge in [0.15, 0.2) is 0 Å².